The summed E-state index contributed by atoms with van der Waals surface area (Å²) in [5, 5.41) is 5.33. The first-order chi connectivity index (χ1) is 12.1. The van der Waals surface area contributed by atoms with E-state index in [2.05, 4.69) is 47.5 Å². The second-order valence-corrected chi connectivity index (χ2v) is 6.84. The van der Waals surface area contributed by atoms with Gasteiger partial charge in [-0.1, -0.05) is 11.6 Å². The highest BCUT2D eigenvalue weighted by Crippen LogP contribution is 2.26. The molecule has 0 bridgehead atoms. The Bertz CT molecular complexity index is 834. The third kappa shape index (κ3) is 4.91. The van der Waals surface area contributed by atoms with E-state index < -0.39 is 0 Å². The molecule has 0 aliphatic carbocycles. The van der Waals surface area contributed by atoms with Crippen LogP contribution in [0.2, 0.25) is 5.02 Å². The number of aromatic nitrogens is 2. The van der Waals surface area contributed by atoms with Crippen LogP contribution in [0.3, 0.4) is 0 Å². The molecule has 0 radical (unpaired) electrons. The zero-order chi connectivity index (χ0) is 17.6. The monoisotopic (exact) mass is 354 g/mol. The number of benzene rings is 1. The number of nitrogens with one attached hydrogen (secondary N) is 1. The number of anilines is 1. The molecule has 0 fully saturated rings. The number of likely N-dealkylation sites (N-methyl/N-ethyl adjacent to an activating group) is 1. The van der Waals surface area contributed by atoms with Crippen molar-refractivity contribution < 1.29 is 0 Å². The summed E-state index contributed by atoms with van der Waals surface area (Å²) >= 11 is 6.19. The smallest absolute Gasteiger partial charge is 0.0727 e. The summed E-state index contributed by atoms with van der Waals surface area (Å²) in [6.45, 7) is 1.85. The van der Waals surface area contributed by atoms with Gasteiger partial charge in [-0.2, -0.15) is 0 Å². The summed E-state index contributed by atoms with van der Waals surface area (Å²) < 4.78 is 0. The summed E-state index contributed by atoms with van der Waals surface area (Å²) in [7, 11) is 4.15. The summed E-state index contributed by atoms with van der Waals surface area (Å²) in [5.74, 6) is 0. The van der Waals surface area contributed by atoms with Crippen LogP contribution < -0.4 is 5.32 Å². The molecule has 0 unspecified atom stereocenters. The van der Waals surface area contributed by atoms with Crippen molar-refractivity contribution >= 4 is 28.2 Å². The van der Waals surface area contributed by atoms with E-state index in [0.717, 1.165) is 53.2 Å². The van der Waals surface area contributed by atoms with Gasteiger partial charge in [0.15, 0.2) is 0 Å². The SMILES string of the molecule is CN(C)CCNc1cc(CCc2ccncc2)nc2ccc(Cl)cc12. The molecule has 0 atom stereocenters. The number of hydrogen-bond donors (Lipinski definition) is 1. The van der Waals surface area contributed by atoms with Gasteiger partial charge in [0.25, 0.3) is 0 Å². The molecule has 25 heavy (non-hydrogen) atoms. The van der Waals surface area contributed by atoms with Gasteiger partial charge < -0.3 is 10.2 Å². The van der Waals surface area contributed by atoms with Crippen LogP contribution in [0.1, 0.15) is 11.3 Å². The van der Waals surface area contributed by atoms with E-state index in [-0.39, 0.29) is 0 Å². The van der Waals surface area contributed by atoms with Crippen molar-refractivity contribution in [1.29, 1.82) is 0 Å². The van der Waals surface area contributed by atoms with Gasteiger partial charge in [-0.15, -0.1) is 0 Å². The summed E-state index contributed by atoms with van der Waals surface area (Å²) in [6.07, 6.45) is 5.51. The molecular formula is C20H23ClN4. The minimum atomic E-state index is 0.731. The fourth-order valence-electron chi connectivity index (χ4n) is 2.76. The lowest BCUT2D eigenvalue weighted by Crippen LogP contribution is -2.21. The Balaban J connectivity index is 1.84. The van der Waals surface area contributed by atoms with E-state index in [9.17, 15) is 0 Å². The van der Waals surface area contributed by atoms with Crippen molar-refractivity contribution in [3.8, 4) is 0 Å². The molecule has 5 heteroatoms. The number of hydrogen-bond acceptors (Lipinski definition) is 4. The van der Waals surface area contributed by atoms with Gasteiger partial charge in [0.2, 0.25) is 0 Å². The highest BCUT2D eigenvalue weighted by molar-refractivity contribution is 6.31. The third-order valence-electron chi connectivity index (χ3n) is 4.12. The maximum Gasteiger partial charge on any atom is 0.0727 e. The maximum absolute atomic E-state index is 6.19. The fourth-order valence-corrected chi connectivity index (χ4v) is 2.94. The van der Waals surface area contributed by atoms with E-state index in [4.69, 9.17) is 16.6 Å². The first-order valence-corrected chi connectivity index (χ1v) is 8.86. The lowest BCUT2D eigenvalue weighted by atomic mass is 10.1. The van der Waals surface area contributed by atoms with Crippen LogP contribution in [0, 0.1) is 0 Å². The first-order valence-electron chi connectivity index (χ1n) is 8.48. The van der Waals surface area contributed by atoms with E-state index in [1.807, 2.05) is 30.6 Å². The lowest BCUT2D eigenvalue weighted by molar-refractivity contribution is 0.425. The lowest BCUT2D eigenvalue weighted by Gasteiger charge is -2.14. The third-order valence-corrected chi connectivity index (χ3v) is 4.35. The number of pyridine rings is 2. The average Bonchev–Trinajstić information content (AvgIpc) is 2.61. The largest absolute Gasteiger partial charge is 0.383 e. The predicted molar refractivity (Wildman–Crippen MR) is 105 cm³/mol. The molecule has 1 aromatic carbocycles. The number of rotatable bonds is 7. The van der Waals surface area contributed by atoms with Gasteiger partial charge in [0.1, 0.15) is 0 Å². The predicted octanol–water partition coefficient (Wildman–Crippen LogP) is 4.04. The van der Waals surface area contributed by atoms with Crippen LogP contribution >= 0.6 is 11.6 Å². The van der Waals surface area contributed by atoms with E-state index in [1.54, 1.807) is 0 Å². The molecule has 2 heterocycles. The van der Waals surface area contributed by atoms with Gasteiger partial charge >= 0.3 is 0 Å². The van der Waals surface area contributed by atoms with Crippen LogP contribution in [0.5, 0.6) is 0 Å². The van der Waals surface area contributed by atoms with Crippen LogP contribution in [-0.2, 0) is 12.8 Å². The van der Waals surface area contributed by atoms with Crippen LogP contribution in [0.15, 0.2) is 48.8 Å². The Morgan fingerprint density at radius 3 is 2.60 bits per heavy atom. The topological polar surface area (TPSA) is 41.0 Å². The van der Waals surface area contributed by atoms with E-state index >= 15 is 0 Å². The fraction of sp³-hybridized carbons (Fsp3) is 0.300. The summed E-state index contributed by atoms with van der Waals surface area (Å²) in [6, 6.07) is 12.1. The molecule has 1 N–H and O–H groups in total. The van der Waals surface area contributed by atoms with Crippen LogP contribution in [0.25, 0.3) is 10.9 Å². The second kappa shape index (κ2) is 8.28. The molecule has 0 aliphatic heterocycles. The molecule has 0 spiro atoms. The van der Waals surface area contributed by atoms with E-state index in [1.165, 1.54) is 5.56 Å². The van der Waals surface area contributed by atoms with Crippen LogP contribution in [-0.4, -0.2) is 42.1 Å². The normalized spacial score (nSPS) is 11.2. The van der Waals surface area contributed by atoms with Gasteiger partial charge in [-0.3, -0.25) is 9.97 Å². The quantitative estimate of drug-likeness (QED) is 0.695. The Hall–Kier alpha value is -2.17. The minimum Gasteiger partial charge on any atom is -0.383 e. The van der Waals surface area contributed by atoms with Gasteiger partial charge in [-0.05, 0) is 68.9 Å². The molecule has 3 aromatic rings. The van der Waals surface area contributed by atoms with Crippen molar-refractivity contribution in [3.63, 3.8) is 0 Å². The summed E-state index contributed by atoms with van der Waals surface area (Å²) in [4.78, 5) is 11.0. The molecular weight excluding hydrogens is 332 g/mol. The zero-order valence-corrected chi connectivity index (χ0v) is 15.4. The van der Waals surface area contributed by atoms with Crippen molar-refractivity contribution in [2.45, 2.75) is 12.8 Å². The summed E-state index contributed by atoms with van der Waals surface area (Å²) in [5.41, 5.74) is 4.43. The molecule has 0 amide bonds. The molecule has 4 nitrogen and oxygen atoms in total. The van der Waals surface area contributed by atoms with Gasteiger partial charge in [0.05, 0.1) is 5.52 Å². The highest BCUT2D eigenvalue weighted by Gasteiger charge is 2.07. The van der Waals surface area contributed by atoms with Gasteiger partial charge in [0, 0.05) is 47.3 Å². The highest BCUT2D eigenvalue weighted by atomic mass is 35.5. The number of fused-ring (bicyclic) bond motifs is 1. The van der Waals surface area contributed by atoms with Crippen molar-refractivity contribution in [2.24, 2.45) is 0 Å². The molecule has 0 aliphatic rings. The first kappa shape index (κ1) is 17.6. The zero-order valence-electron chi connectivity index (χ0n) is 14.7. The number of nitrogens with zero attached hydrogens (tertiary/aromatic N) is 3. The van der Waals surface area contributed by atoms with Crippen LogP contribution in [0.4, 0.5) is 5.69 Å². The Morgan fingerprint density at radius 1 is 1.04 bits per heavy atom. The Kier molecular flexibility index (Phi) is 5.84. The molecule has 2 aromatic heterocycles. The van der Waals surface area contributed by atoms with Gasteiger partial charge in [-0.25, -0.2) is 0 Å². The average molecular weight is 355 g/mol. The van der Waals surface area contributed by atoms with Crippen molar-refractivity contribution in [2.75, 3.05) is 32.5 Å². The standard InChI is InChI=1S/C20H23ClN4/c1-25(2)12-11-23-20-14-17(5-3-15-7-9-22-10-8-15)24-19-6-4-16(21)13-18(19)20/h4,6-10,13-14H,3,5,11-12H2,1-2H3,(H,23,24). The number of aryl methyl sites for hydroxylation is 2. The molecule has 3 rings (SSSR count). The van der Waals surface area contributed by atoms with Crippen molar-refractivity contribution in [1.82, 2.24) is 14.9 Å². The molecule has 0 saturated heterocycles. The Labute approximate surface area is 153 Å². The number of halogens is 1. The van der Waals surface area contributed by atoms with E-state index in [0.29, 0.717) is 0 Å². The molecule has 130 valence electrons. The Morgan fingerprint density at radius 2 is 1.84 bits per heavy atom. The van der Waals surface area contributed by atoms with Crippen molar-refractivity contribution in [3.05, 3.63) is 65.1 Å². The second-order valence-electron chi connectivity index (χ2n) is 6.41. The minimum absolute atomic E-state index is 0.731. The maximum atomic E-state index is 6.19. The molecule has 0 saturated carbocycles.